The van der Waals surface area contributed by atoms with Crippen LogP contribution in [-0.4, -0.2) is 37.9 Å². The third kappa shape index (κ3) is 5.00. The van der Waals surface area contributed by atoms with Gasteiger partial charge in [-0.15, -0.1) is 4.58 Å². The molecule has 0 aliphatic carbocycles. The van der Waals surface area contributed by atoms with Gasteiger partial charge >= 0.3 is 6.08 Å². The molecule has 0 unspecified atom stereocenters. The largest absolute Gasteiger partial charge is 0.424 e. The maximum absolute atomic E-state index is 11.3. The molecular weight excluding hydrogens is 314 g/mol. The van der Waals surface area contributed by atoms with Crippen molar-refractivity contribution in [1.29, 1.82) is 0 Å². The number of hydrogen-bond donors (Lipinski definition) is 0. The standard InChI is InChI=1S/C20H26NO2Si/c1-17(15-21(16-22)20(2,3)4)23-24(18-11-7-5-8-12-18)19-13-9-6-10-14-19/h5-14,17,24H,15H2,1-4H3/q+1/t17-/m1/s1. The molecule has 0 aliphatic rings. The second kappa shape index (κ2) is 8.20. The molecule has 2 rings (SSSR count). The summed E-state index contributed by atoms with van der Waals surface area (Å²) in [4.78, 5) is 11.3. The summed E-state index contributed by atoms with van der Waals surface area (Å²) in [5, 5.41) is 2.49. The summed E-state index contributed by atoms with van der Waals surface area (Å²) < 4.78 is 8.15. The van der Waals surface area contributed by atoms with E-state index in [1.54, 1.807) is 4.58 Å². The molecule has 0 heterocycles. The Hall–Kier alpha value is -2.00. The molecule has 2 aromatic carbocycles. The Morgan fingerprint density at radius 1 is 1.00 bits per heavy atom. The summed E-state index contributed by atoms with van der Waals surface area (Å²) in [6.45, 7) is 8.59. The Morgan fingerprint density at radius 3 is 1.83 bits per heavy atom. The first-order chi connectivity index (χ1) is 11.4. The summed E-state index contributed by atoms with van der Waals surface area (Å²) in [6.07, 6.45) is 1.99. The lowest BCUT2D eigenvalue weighted by Crippen LogP contribution is -2.49. The van der Waals surface area contributed by atoms with E-state index in [1.807, 2.05) is 70.2 Å². The summed E-state index contributed by atoms with van der Waals surface area (Å²) in [6, 6.07) is 20.7. The lowest BCUT2D eigenvalue weighted by Gasteiger charge is -2.23. The molecule has 0 bridgehead atoms. The fourth-order valence-corrected chi connectivity index (χ4v) is 4.98. The summed E-state index contributed by atoms with van der Waals surface area (Å²) >= 11 is 0. The van der Waals surface area contributed by atoms with Crippen molar-refractivity contribution < 1.29 is 13.8 Å². The third-order valence-electron chi connectivity index (χ3n) is 3.93. The van der Waals surface area contributed by atoms with Crippen molar-refractivity contribution in [3.63, 3.8) is 0 Å². The normalized spacial score (nSPS) is 12.7. The van der Waals surface area contributed by atoms with Gasteiger partial charge in [-0.3, -0.25) is 0 Å². The van der Waals surface area contributed by atoms with E-state index in [1.165, 1.54) is 10.4 Å². The zero-order valence-electron chi connectivity index (χ0n) is 14.9. The van der Waals surface area contributed by atoms with Gasteiger partial charge < -0.3 is 4.43 Å². The van der Waals surface area contributed by atoms with Crippen LogP contribution in [0.15, 0.2) is 60.7 Å². The fraction of sp³-hybridized carbons (Fsp3) is 0.350. The molecule has 3 nitrogen and oxygen atoms in total. The van der Waals surface area contributed by atoms with Crippen LogP contribution in [0.25, 0.3) is 0 Å². The number of isocyanates is 1. The van der Waals surface area contributed by atoms with Crippen LogP contribution in [0.2, 0.25) is 0 Å². The van der Waals surface area contributed by atoms with Gasteiger partial charge in [0.1, 0.15) is 6.10 Å². The van der Waals surface area contributed by atoms with E-state index in [0.717, 1.165) is 0 Å². The summed E-state index contributed by atoms with van der Waals surface area (Å²) in [5.41, 5.74) is -0.254. The van der Waals surface area contributed by atoms with Crippen LogP contribution < -0.4 is 10.4 Å². The van der Waals surface area contributed by atoms with Crippen LogP contribution in [0.5, 0.6) is 0 Å². The first-order valence-electron chi connectivity index (χ1n) is 8.32. The summed E-state index contributed by atoms with van der Waals surface area (Å²) in [7, 11) is -1.79. The predicted octanol–water partition coefficient (Wildman–Crippen LogP) is 2.08. The van der Waals surface area contributed by atoms with Gasteiger partial charge in [0.15, 0.2) is 12.1 Å². The molecule has 0 radical (unpaired) electrons. The molecule has 4 heteroatoms. The van der Waals surface area contributed by atoms with Gasteiger partial charge in [0.25, 0.3) is 0 Å². The molecular formula is C20H26NO2Si+. The van der Waals surface area contributed by atoms with Crippen molar-refractivity contribution in [3.05, 3.63) is 60.7 Å². The van der Waals surface area contributed by atoms with E-state index in [0.29, 0.717) is 6.54 Å². The summed E-state index contributed by atoms with van der Waals surface area (Å²) in [5.74, 6) is 0. The van der Waals surface area contributed by atoms with Crippen LogP contribution in [0.4, 0.5) is 0 Å². The first kappa shape index (κ1) is 18.3. The molecule has 0 fully saturated rings. The first-order valence-corrected chi connectivity index (χ1v) is 9.95. The molecule has 0 aliphatic heterocycles. The van der Waals surface area contributed by atoms with Gasteiger partial charge in [-0.1, -0.05) is 60.7 Å². The Morgan fingerprint density at radius 2 is 1.46 bits per heavy atom. The fourth-order valence-electron chi connectivity index (χ4n) is 2.59. The van der Waals surface area contributed by atoms with E-state index in [-0.39, 0.29) is 11.6 Å². The second-order valence-corrected chi connectivity index (χ2v) is 9.39. The lowest BCUT2D eigenvalue weighted by molar-refractivity contribution is -0.599. The highest BCUT2D eigenvalue weighted by molar-refractivity contribution is 6.80. The third-order valence-corrected chi connectivity index (χ3v) is 6.65. The highest BCUT2D eigenvalue weighted by Gasteiger charge is 2.29. The minimum Gasteiger partial charge on any atom is -0.402 e. The molecule has 24 heavy (non-hydrogen) atoms. The molecule has 126 valence electrons. The maximum Gasteiger partial charge on any atom is 0.424 e. The van der Waals surface area contributed by atoms with Gasteiger partial charge in [0.2, 0.25) is 9.04 Å². The highest BCUT2D eigenvalue weighted by atomic mass is 28.3. The van der Waals surface area contributed by atoms with Gasteiger partial charge in [0, 0.05) is 20.8 Å². The van der Waals surface area contributed by atoms with Gasteiger partial charge in [-0.25, -0.2) is 0 Å². The van der Waals surface area contributed by atoms with Gasteiger partial charge in [0.05, 0.1) is 0 Å². The van der Waals surface area contributed by atoms with Crippen molar-refractivity contribution >= 4 is 25.5 Å². The quantitative estimate of drug-likeness (QED) is 0.349. The Kier molecular flexibility index (Phi) is 6.27. The molecule has 2 aromatic rings. The SMILES string of the molecule is C[C@H](C[N+](=C=O)C(C)(C)C)O[SiH](c1ccccc1)c1ccccc1. The topological polar surface area (TPSA) is 29.3 Å². The monoisotopic (exact) mass is 340 g/mol. The van der Waals surface area contributed by atoms with E-state index in [2.05, 4.69) is 24.3 Å². The molecule has 0 N–H and O–H groups in total. The average molecular weight is 341 g/mol. The van der Waals surface area contributed by atoms with E-state index in [4.69, 9.17) is 4.43 Å². The molecule has 0 amide bonds. The van der Waals surface area contributed by atoms with Crippen LogP contribution >= 0.6 is 0 Å². The van der Waals surface area contributed by atoms with Crippen molar-refractivity contribution in [2.45, 2.75) is 39.3 Å². The van der Waals surface area contributed by atoms with Crippen molar-refractivity contribution in [2.75, 3.05) is 6.54 Å². The van der Waals surface area contributed by atoms with Gasteiger partial charge in [-0.2, -0.15) is 4.79 Å². The Balaban J connectivity index is 2.22. The number of rotatable bonds is 6. The zero-order chi connectivity index (χ0) is 17.6. The zero-order valence-corrected chi connectivity index (χ0v) is 16.1. The predicted molar refractivity (Wildman–Crippen MR) is 100 cm³/mol. The Labute approximate surface area is 146 Å². The van der Waals surface area contributed by atoms with E-state index < -0.39 is 9.04 Å². The van der Waals surface area contributed by atoms with Crippen molar-refractivity contribution in [1.82, 2.24) is 0 Å². The van der Waals surface area contributed by atoms with E-state index in [9.17, 15) is 4.79 Å². The van der Waals surface area contributed by atoms with Crippen molar-refractivity contribution in [3.8, 4) is 0 Å². The number of nitrogens with zero attached hydrogens (tertiary/aromatic N) is 1. The van der Waals surface area contributed by atoms with Crippen LogP contribution in [0.1, 0.15) is 27.7 Å². The lowest BCUT2D eigenvalue weighted by atomic mass is 10.1. The molecule has 0 saturated carbocycles. The molecule has 0 spiro atoms. The average Bonchev–Trinajstić information content (AvgIpc) is 2.58. The maximum atomic E-state index is 11.3. The van der Waals surface area contributed by atoms with Crippen molar-refractivity contribution in [2.24, 2.45) is 0 Å². The number of hydrogen-bond acceptors (Lipinski definition) is 2. The van der Waals surface area contributed by atoms with Crippen LogP contribution in [0.3, 0.4) is 0 Å². The minimum absolute atomic E-state index is 0.0530. The van der Waals surface area contributed by atoms with Crippen LogP contribution in [-0.2, 0) is 9.22 Å². The minimum atomic E-state index is -1.79. The van der Waals surface area contributed by atoms with E-state index >= 15 is 0 Å². The molecule has 0 aromatic heterocycles. The smallest absolute Gasteiger partial charge is 0.402 e. The molecule has 0 saturated heterocycles. The molecule has 1 atom stereocenters. The number of carbonyl (C=O) groups excluding carboxylic acids is 1. The number of benzene rings is 2. The second-order valence-electron chi connectivity index (χ2n) is 7.02. The van der Waals surface area contributed by atoms with Gasteiger partial charge in [-0.05, 0) is 17.3 Å². The Bertz CT molecular complexity index is 649. The highest BCUT2D eigenvalue weighted by Crippen LogP contribution is 2.08. The van der Waals surface area contributed by atoms with Crippen LogP contribution in [0, 0.1) is 0 Å².